The second-order valence-electron chi connectivity index (χ2n) is 5.71. The van der Waals surface area contributed by atoms with Gasteiger partial charge in [0.2, 0.25) is 5.91 Å². The van der Waals surface area contributed by atoms with Crippen LogP contribution >= 0.6 is 0 Å². The predicted octanol–water partition coefficient (Wildman–Crippen LogP) is 2.61. The summed E-state index contributed by atoms with van der Waals surface area (Å²) in [5, 5.41) is 3.01. The Kier molecular flexibility index (Phi) is 4.81. The van der Waals surface area contributed by atoms with E-state index in [2.05, 4.69) is 17.4 Å². The van der Waals surface area contributed by atoms with Crippen molar-refractivity contribution < 1.29 is 14.3 Å². The molecular weight excluding hydrogens is 290 g/mol. The highest BCUT2D eigenvalue weighted by atomic mass is 16.5. The van der Waals surface area contributed by atoms with Crippen molar-refractivity contribution in [3.8, 4) is 11.5 Å². The third-order valence-electron chi connectivity index (χ3n) is 4.10. The van der Waals surface area contributed by atoms with E-state index < -0.39 is 0 Å². The van der Waals surface area contributed by atoms with Gasteiger partial charge in [-0.25, -0.2) is 0 Å². The van der Waals surface area contributed by atoms with Gasteiger partial charge in [0, 0.05) is 6.54 Å². The molecule has 1 N–H and O–H groups in total. The summed E-state index contributed by atoms with van der Waals surface area (Å²) in [5.41, 5.74) is 2.25. The third kappa shape index (κ3) is 3.83. The Morgan fingerprint density at radius 2 is 2.09 bits per heavy atom. The normalized spacial score (nSPS) is 16.1. The van der Waals surface area contributed by atoms with E-state index in [9.17, 15) is 4.79 Å². The van der Waals surface area contributed by atoms with Crippen LogP contribution in [0.4, 0.5) is 0 Å². The van der Waals surface area contributed by atoms with Gasteiger partial charge in [-0.2, -0.15) is 0 Å². The number of methoxy groups -OCH3 is 1. The topological polar surface area (TPSA) is 47.6 Å². The van der Waals surface area contributed by atoms with Crippen LogP contribution in [0.1, 0.15) is 11.1 Å². The van der Waals surface area contributed by atoms with Crippen molar-refractivity contribution in [1.82, 2.24) is 5.32 Å². The van der Waals surface area contributed by atoms with E-state index in [4.69, 9.17) is 9.47 Å². The summed E-state index contributed by atoms with van der Waals surface area (Å²) in [4.78, 5) is 12.3. The SMILES string of the molecule is COc1ccc2c(c1)C[C@H](C(=O)NCCc1ccccc1)CO2. The van der Waals surface area contributed by atoms with Crippen molar-refractivity contribution in [2.45, 2.75) is 12.8 Å². The molecule has 2 aromatic carbocycles. The summed E-state index contributed by atoms with van der Waals surface area (Å²) >= 11 is 0. The summed E-state index contributed by atoms with van der Waals surface area (Å²) in [6.07, 6.45) is 1.52. The molecule has 0 aliphatic carbocycles. The van der Waals surface area contributed by atoms with Gasteiger partial charge < -0.3 is 14.8 Å². The lowest BCUT2D eigenvalue weighted by atomic mass is 9.95. The van der Waals surface area contributed by atoms with Gasteiger partial charge in [0.1, 0.15) is 18.1 Å². The van der Waals surface area contributed by atoms with Crippen LogP contribution in [0, 0.1) is 5.92 Å². The fourth-order valence-corrected chi connectivity index (χ4v) is 2.79. The van der Waals surface area contributed by atoms with Crippen molar-refractivity contribution in [2.75, 3.05) is 20.3 Å². The van der Waals surface area contributed by atoms with Gasteiger partial charge in [0.25, 0.3) is 0 Å². The first-order valence-corrected chi connectivity index (χ1v) is 7.87. The van der Waals surface area contributed by atoms with Crippen molar-refractivity contribution in [3.63, 3.8) is 0 Å². The molecule has 1 aliphatic rings. The summed E-state index contributed by atoms with van der Waals surface area (Å²) in [6.45, 7) is 1.07. The molecular formula is C19H21NO3. The number of hydrogen-bond donors (Lipinski definition) is 1. The van der Waals surface area contributed by atoms with Gasteiger partial charge in [-0.15, -0.1) is 0 Å². The molecule has 4 heteroatoms. The maximum Gasteiger partial charge on any atom is 0.226 e. The molecule has 1 aliphatic heterocycles. The lowest BCUT2D eigenvalue weighted by molar-refractivity contribution is -0.126. The number of hydrogen-bond acceptors (Lipinski definition) is 3. The van der Waals surface area contributed by atoms with Gasteiger partial charge in [-0.1, -0.05) is 30.3 Å². The molecule has 1 atom stereocenters. The van der Waals surface area contributed by atoms with Gasteiger partial charge in [0.15, 0.2) is 0 Å². The van der Waals surface area contributed by atoms with Crippen LogP contribution in [0.3, 0.4) is 0 Å². The maximum absolute atomic E-state index is 12.3. The van der Waals surface area contributed by atoms with Crippen LogP contribution in [-0.4, -0.2) is 26.2 Å². The van der Waals surface area contributed by atoms with Gasteiger partial charge >= 0.3 is 0 Å². The van der Waals surface area contributed by atoms with Crippen molar-refractivity contribution in [2.24, 2.45) is 5.92 Å². The molecule has 1 amide bonds. The van der Waals surface area contributed by atoms with Crippen LogP contribution in [-0.2, 0) is 17.6 Å². The first-order valence-electron chi connectivity index (χ1n) is 7.87. The van der Waals surface area contributed by atoms with Crippen molar-refractivity contribution >= 4 is 5.91 Å². The van der Waals surface area contributed by atoms with E-state index >= 15 is 0 Å². The molecule has 0 saturated carbocycles. The minimum absolute atomic E-state index is 0.0504. The highest BCUT2D eigenvalue weighted by molar-refractivity contribution is 5.79. The fourth-order valence-electron chi connectivity index (χ4n) is 2.79. The average molecular weight is 311 g/mol. The number of ether oxygens (including phenoxy) is 2. The smallest absolute Gasteiger partial charge is 0.226 e. The second-order valence-corrected chi connectivity index (χ2v) is 5.71. The molecule has 2 aromatic rings. The Bertz CT molecular complexity index is 670. The zero-order chi connectivity index (χ0) is 16.1. The van der Waals surface area contributed by atoms with Crippen molar-refractivity contribution in [1.29, 1.82) is 0 Å². The molecule has 120 valence electrons. The van der Waals surface area contributed by atoms with Crippen molar-refractivity contribution in [3.05, 3.63) is 59.7 Å². The molecule has 0 aromatic heterocycles. The van der Waals surface area contributed by atoms with Crippen LogP contribution in [0.15, 0.2) is 48.5 Å². The molecule has 0 spiro atoms. The molecule has 23 heavy (non-hydrogen) atoms. The number of fused-ring (bicyclic) bond motifs is 1. The van der Waals surface area contributed by atoms with Crippen LogP contribution in [0.2, 0.25) is 0 Å². The van der Waals surface area contributed by atoms with E-state index in [0.29, 0.717) is 19.6 Å². The molecule has 1 heterocycles. The highest BCUT2D eigenvalue weighted by Gasteiger charge is 2.26. The number of carbonyl (C=O) groups is 1. The quantitative estimate of drug-likeness (QED) is 0.923. The van der Waals surface area contributed by atoms with Gasteiger partial charge in [-0.3, -0.25) is 4.79 Å². The number of rotatable bonds is 5. The summed E-state index contributed by atoms with van der Waals surface area (Å²) in [6, 6.07) is 15.9. The van der Waals surface area contributed by atoms with E-state index in [-0.39, 0.29) is 11.8 Å². The average Bonchev–Trinajstić information content (AvgIpc) is 2.61. The highest BCUT2D eigenvalue weighted by Crippen LogP contribution is 2.30. The Labute approximate surface area is 136 Å². The molecule has 0 fully saturated rings. The molecule has 4 nitrogen and oxygen atoms in total. The summed E-state index contributed by atoms with van der Waals surface area (Å²) in [5.74, 6) is 1.54. The fraction of sp³-hybridized carbons (Fsp3) is 0.316. The standard InChI is InChI=1S/C19H21NO3/c1-22-17-7-8-18-15(12-17)11-16(13-23-18)19(21)20-10-9-14-5-3-2-4-6-14/h2-8,12,16H,9-11,13H2,1H3,(H,20,21)/t16-/m0/s1. The lowest BCUT2D eigenvalue weighted by Crippen LogP contribution is -2.38. The van der Waals surface area contributed by atoms with Crippen LogP contribution < -0.4 is 14.8 Å². The molecule has 0 unspecified atom stereocenters. The lowest BCUT2D eigenvalue weighted by Gasteiger charge is -2.25. The monoisotopic (exact) mass is 311 g/mol. The maximum atomic E-state index is 12.3. The largest absolute Gasteiger partial charge is 0.497 e. The number of amides is 1. The minimum atomic E-state index is -0.148. The summed E-state index contributed by atoms with van der Waals surface area (Å²) < 4.78 is 10.9. The Hall–Kier alpha value is -2.49. The molecule has 3 rings (SSSR count). The van der Waals surface area contributed by atoms with E-state index in [1.54, 1.807) is 7.11 Å². The summed E-state index contributed by atoms with van der Waals surface area (Å²) in [7, 11) is 1.64. The number of benzene rings is 2. The van der Waals surface area contributed by atoms with E-state index in [1.807, 2.05) is 36.4 Å². The van der Waals surface area contributed by atoms with E-state index in [0.717, 1.165) is 23.5 Å². The Balaban J connectivity index is 1.54. The molecule has 0 bridgehead atoms. The predicted molar refractivity (Wildman–Crippen MR) is 88.8 cm³/mol. The molecule has 0 saturated heterocycles. The molecule has 0 radical (unpaired) electrons. The Morgan fingerprint density at radius 3 is 2.87 bits per heavy atom. The minimum Gasteiger partial charge on any atom is -0.497 e. The van der Waals surface area contributed by atoms with Crippen LogP contribution in [0.25, 0.3) is 0 Å². The zero-order valence-corrected chi connectivity index (χ0v) is 13.2. The first-order chi connectivity index (χ1) is 11.3. The van der Waals surface area contributed by atoms with Crippen LogP contribution in [0.5, 0.6) is 11.5 Å². The third-order valence-corrected chi connectivity index (χ3v) is 4.10. The van der Waals surface area contributed by atoms with E-state index in [1.165, 1.54) is 5.56 Å². The van der Waals surface area contributed by atoms with Gasteiger partial charge in [-0.05, 0) is 42.2 Å². The van der Waals surface area contributed by atoms with Gasteiger partial charge in [0.05, 0.1) is 13.0 Å². The zero-order valence-electron chi connectivity index (χ0n) is 13.2. The second kappa shape index (κ2) is 7.18. The Morgan fingerprint density at radius 1 is 1.26 bits per heavy atom. The number of nitrogens with one attached hydrogen (secondary N) is 1. The first kappa shape index (κ1) is 15.4. The number of carbonyl (C=O) groups excluding carboxylic acids is 1.